The number of benzene rings is 2. The van der Waals surface area contributed by atoms with E-state index in [2.05, 4.69) is 9.82 Å². The minimum Gasteiger partial charge on any atom is -0.338 e. The maximum atomic E-state index is 13.2. The number of nitrogens with one attached hydrogen (secondary N) is 1. The third-order valence-corrected chi connectivity index (χ3v) is 7.75. The standard InChI is InChI=1S/C26H32N4O3S/c1-19-9-11-25(12-10-19)34(32,33)27-16-23-7-5-13-29(17-23)26(31)24-8-4-6-22(15-24)18-30-21(3)14-20(2)28-30/h4,6,8-12,14-15,23,27H,5,7,13,16-18H2,1-3H3. The number of amides is 1. The topological polar surface area (TPSA) is 84.3 Å². The molecule has 0 saturated carbocycles. The third-order valence-electron chi connectivity index (χ3n) is 6.31. The van der Waals surface area contributed by atoms with Crippen LogP contribution in [0.15, 0.2) is 59.5 Å². The molecule has 0 bridgehead atoms. The van der Waals surface area contributed by atoms with Gasteiger partial charge in [-0.15, -0.1) is 0 Å². The Labute approximate surface area is 201 Å². The van der Waals surface area contributed by atoms with Crippen LogP contribution in [0.2, 0.25) is 0 Å². The lowest BCUT2D eigenvalue weighted by Gasteiger charge is -2.33. The zero-order chi connectivity index (χ0) is 24.3. The van der Waals surface area contributed by atoms with Gasteiger partial charge in [0.05, 0.1) is 17.1 Å². The van der Waals surface area contributed by atoms with E-state index in [0.717, 1.165) is 35.4 Å². The number of sulfonamides is 1. The van der Waals surface area contributed by atoms with Crippen LogP contribution in [-0.2, 0) is 16.6 Å². The molecular weight excluding hydrogens is 448 g/mol. The zero-order valence-corrected chi connectivity index (χ0v) is 20.8. The van der Waals surface area contributed by atoms with E-state index >= 15 is 0 Å². The summed E-state index contributed by atoms with van der Waals surface area (Å²) < 4.78 is 29.9. The second-order valence-electron chi connectivity index (χ2n) is 9.21. The highest BCUT2D eigenvalue weighted by atomic mass is 32.2. The van der Waals surface area contributed by atoms with Gasteiger partial charge in [0, 0.05) is 30.9 Å². The van der Waals surface area contributed by atoms with Crippen molar-refractivity contribution in [3.63, 3.8) is 0 Å². The van der Waals surface area contributed by atoms with E-state index in [1.165, 1.54) is 0 Å². The second kappa shape index (κ2) is 10.1. The van der Waals surface area contributed by atoms with Gasteiger partial charge in [0.1, 0.15) is 0 Å². The summed E-state index contributed by atoms with van der Waals surface area (Å²) in [5.41, 5.74) is 4.75. The summed E-state index contributed by atoms with van der Waals surface area (Å²) in [5, 5.41) is 4.51. The highest BCUT2D eigenvalue weighted by Gasteiger charge is 2.26. The molecule has 1 N–H and O–H groups in total. The van der Waals surface area contributed by atoms with Crippen LogP contribution >= 0.6 is 0 Å². The van der Waals surface area contributed by atoms with Gasteiger partial charge in [-0.2, -0.15) is 5.10 Å². The van der Waals surface area contributed by atoms with E-state index in [1.54, 1.807) is 24.3 Å². The second-order valence-corrected chi connectivity index (χ2v) is 11.0. The summed E-state index contributed by atoms with van der Waals surface area (Å²) >= 11 is 0. The van der Waals surface area contributed by atoms with E-state index in [9.17, 15) is 13.2 Å². The van der Waals surface area contributed by atoms with Crippen molar-refractivity contribution in [2.45, 2.75) is 45.1 Å². The van der Waals surface area contributed by atoms with Gasteiger partial charge in [0.2, 0.25) is 10.0 Å². The normalized spacial score (nSPS) is 16.6. The quantitative estimate of drug-likeness (QED) is 0.559. The molecule has 3 aromatic rings. The van der Waals surface area contributed by atoms with Crippen LogP contribution in [0.5, 0.6) is 0 Å². The van der Waals surface area contributed by atoms with Crippen molar-refractivity contribution >= 4 is 15.9 Å². The molecule has 2 heterocycles. The maximum absolute atomic E-state index is 13.2. The summed E-state index contributed by atoms with van der Waals surface area (Å²) in [4.78, 5) is 15.3. The molecule has 1 atom stereocenters. The lowest BCUT2D eigenvalue weighted by Crippen LogP contribution is -2.43. The number of carbonyl (C=O) groups excluding carboxylic acids is 1. The highest BCUT2D eigenvalue weighted by Crippen LogP contribution is 2.20. The molecular formula is C26H32N4O3S. The number of aryl methyl sites for hydroxylation is 3. The fraction of sp³-hybridized carbons (Fsp3) is 0.385. The number of aromatic nitrogens is 2. The zero-order valence-electron chi connectivity index (χ0n) is 20.0. The first-order valence-electron chi connectivity index (χ1n) is 11.7. The van der Waals surface area contributed by atoms with Crippen LogP contribution in [-0.4, -0.2) is 48.6 Å². The Kier molecular flexibility index (Phi) is 7.19. The number of likely N-dealkylation sites (tertiary alicyclic amines) is 1. The summed E-state index contributed by atoms with van der Waals surface area (Å²) in [6, 6.07) is 16.5. The van der Waals surface area contributed by atoms with Gasteiger partial charge in [-0.1, -0.05) is 29.8 Å². The molecule has 0 spiro atoms. The monoisotopic (exact) mass is 480 g/mol. The predicted molar refractivity (Wildman–Crippen MR) is 132 cm³/mol. The van der Waals surface area contributed by atoms with Gasteiger partial charge < -0.3 is 4.90 Å². The Morgan fingerprint density at radius 3 is 2.56 bits per heavy atom. The molecule has 180 valence electrons. The first kappa shape index (κ1) is 24.2. The van der Waals surface area contributed by atoms with Crippen molar-refractivity contribution in [2.75, 3.05) is 19.6 Å². The van der Waals surface area contributed by atoms with Gasteiger partial charge in [-0.25, -0.2) is 13.1 Å². The number of hydrogen-bond donors (Lipinski definition) is 1. The van der Waals surface area contributed by atoms with E-state index in [-0.39, 0.29) is 16.7 Å². The van der Waals surface area contributed by atoms with Crippen molar-refractivity contribution < 1.29 is 13.2 Å². The van der Waals surface area contributed by atoms with Crippen LogP contribution in [0.4, 0.5) is 0 Å². The molecule has 0 radical (unpaired) electrons. The fourth-order valence-electron chi connectivity index (χ4n) is 4.44. The molecule has 7 nitrogen and oxygen atoms in total. The average molecular weight is 481 g/mol. The van der Waals surface area contributed by atoms with Gasteiger partial charge in [0.25, 0.3) is 5.91 Å². The molecule has 1 amide bonds. The lowest BCUT2D eigenvalue weighted by atomic mass is 9.97. The molecule has 1 fully saturated rings. The number of nitrogens with zero attached hydrogens (tertiary/aromatic N) is 3. The molecule has 4 rings (SSSR count). The Balaban J connectivity index is 1.38. The molecule has 1 saturated heterocycles. The summed E-state index contributed by atoms with van der Waals surface area (Å²) in [7, 11) is -3.57. The summed E-state index contributed by atoms with van der Waals surface area (Å²) in [6.45, 7) is 8.07. The Morgan fingerprint density at radius 1 is 1.09 bits per heavy atom. The smallest absolute Gasteiger partial charge is 0.253 e. The van der Waals surface area contributed by atoms with Crippen LogP contribution < -0.4 is 4.72 Å². The van der Waals surface area contributed by atoms with Gasteiger partial charge in [-0.05, 0) is 75.4 Å². The van der Waals surface area contributed by atoms with Crippen LogP contribution in [0.3, 0.4) is 0 Å². The molecule has 34 heavy (non-hydrogen) atoms. The van der Waals surface area contributed by atoms with Crippen molar-refractivity contribution in [3.05, 3.63) is 82.7 Å². The number of rotatable bonds is 7. The number of carbonyl (C=O) groups is 1. The van der Waals surface area contributed by atoms with E-state index in [4.69, 9.17) is 0 Å². The Hall–Kier alpha value is -2.97. The van der Waals surface area contributed by atoms with Crippen LogP contribution in [0, 0.1) is 26.7 Å². The van der Waals surface area contributed by atoms with Crippen molar-refractivity contribution in [1.82, 2.24) is 19.4 Å². The number of hydrogen-bond acceptors (Lipinski definition) is 4. The highest BCUT2D eigenvalue weighted by molar-refractivity contribution is 7.89. The summed E-state index contributed by atoms with van der Waals surface area (Å²) in [5.74, 6) is 0.0668. The van der Waals surface area contributed by atoms with Gasteiger partial charge in [-0.3, -0.25) is 9.48 Å². The van der Waals surface area contributed by atoms with Crippen molar-refractivity contribution in [2.24, 2.45) is 5.92 Å². The largest absolute Gasteiger partial charge is 0.338 e. The molecule has 0 aliphatic carbocycles. The lowest BCUT2D eigenvalue weighted by molar-refractivity contribution is 0.0676. The first-order chi connectivity index (χ1) is 16.2. The van der Waals surface area contributed by atoms with Crippen molar-refractivity contribution in [3.8, 4) is 0 Å². The van der Waals surface area contributed by atoms with Crippen LogP contribution in [0.1, 0.15) is 45.7 Å². The fourth-order valence-corrected chi connectivity index (χ4v) is 5.55. The Bertz CT molecular complexity index is 1270. The van der Waals surface area contributed by atoms with E-state index in [0.29, 0.717) is 31.7 Å². The molecule has 1 aliphatic rings. The molecule has 2 aromatic carbocycles. The maximum Gasteiger partial charge on any atom is 0.253 e. The molecule has 1 unspecified atom stereocenters. The summed E-state index contributed by atoms with van der Waals surface area (Å²) in [6.07, 6.45) is 1.74. The third kappa shape index (κ3) is 5.74. The van der Waals surface area contributed by atoms with E-state index < -0.39 is 10.0 Å². The SMILES string of the molecule is Cc1ccc(S(=O)(=O)NCC2CCCN(C(=O)c3cccc(Cn4nc(C)cc4C)c3)C2)cc1. The van der Waals surface area contributed by atoms with Gasteiger partial charge in [0.15, 0.2) is 0 Å². The van der Waals surface area contributed by atoms with Crippen LogP contribution in [0.25, 0.3) is 0 Å². The molecule has 8 heteroatoms. The first-order valence-corrected chi connectivity index (χ1v) is 13.2. The number of piperidine rings is 1. The average Bonchev–Trinajstić information content (AvgIpc) is 3.14. The molecule has 1 aromatic heterocycles. The van der Waals surface area contributed by atoms with E-state index in [1.807, 2.05) is 60.7 Å². The minimum absolute atomic E-state index is 0.0127. The molecule has 1 aliphatic heterocycles. The minimum atomic E-state index is -3.57. The Morgan fingerprint density at radius 2 is 1.85 bits per heavy atom. The van der Waals surface area contributed by atoms with Gasteiger partial charge >= 0.3 is 0 Å². The van der Waals surface area contributed by atoms with Crippen molar-refractivity contribution in [1.29, 1.82) is 0 Å². The predicted octanol–water partition coefficient (Wildman–Crippen LogP) is 3.69.